The van der Waals surface area contributed by atoms with Crippen molar-refractivity contribution in [3.8, 4) is 0 Å². The topological polar surface area (TPSA) is 63.5 Å². The number of nitro groups is 1. The van der Waals surface area contributed by atoms with E-state index in [1.807, 2.05) is 11.8 Å². The van der Waals surface area contributed by atoms with Crippen molar-refractivity contribution in [2.75, 3.05) is 6.54 Å². The normalized spacial score (nSPS) is 15.9. The monoisotopic (exact) mass is 302 g/mol. The molecule has 1 saturated carbocycles. The minimum absolute atomic E-state index is 0.0130. The molecule has 0 unspecified atom stereocenters. The lowest BCUT2D eigenvalue weighted by molar-refractivity contribution is -0.384. The molecule has 1 aliphatic carbocycles. The Morgan fingerprint density at radius 2 is 2.09 bits per heavy atom. The van der Waals surface area contributed by atoms with E-state index in [0.717, 1.165) is 12.8 Å². The zero-order valence-corrected chi connectivity index (χ0v) is 12.9. The van der Waals surface area contributed by atoms with Crippen LogP contribution in [0.4, 0.5) is 5.69 Å². The third-order valence-corrected chi connectivity index (χ3v) is 4.14. The van der Waals surface area contributed by atoms with Crippen LogP contribution in [0.25, 0.3) is 6.08 Å². The summed E-state index contributed by atoms with van der Waals surface area (Å²) < 4.78 is 0. The molecule has 0 saturated heterocycles. The van der Waals surface area contributed by atoms with Crippen molar-refractivity contribution in [2.24, 2.45) is 0 Å². The number of likely N-dealkylation sites (N-methyl/N-ethyl adjacent to an activating group) is 1. The first-order chi connectivity index (χ1) is 10.6. The van der Waals surface area contributed by atoms with Gasteiger partial charge in [-0.15, -0.1) is 0 Å². The number of rotatable bonds is 5. The molecule has 1 aliphatic rings. The van der Waals surface area contributed by atoms with Crippen LogP contribution in [0.3, 0.4) is 0 Å². The lowest BCUT2D eigenvalue weighted by Crippen LogP contribution is -2.40. The van der Waals surface area contributed by atoms with Crippen LogP contribution in [0.2, 0.25) is 0 Å². The van der Waals surface area contributed by atoms with Crippen molar-refractivity contribution in [2.45, 2.75) is 45.1 Å². The summed E-state index contributed by atoms with van der Waals surface area (Å²) >= 11 is 0. The van der Waals surface area contributed by atoms with Crippen LogP contribution in [0, 0.1) is 10.1 Å². The molecule has 0 atom stereocenters. The molecule has 1 aromatic carbocycles. The second-order valence-electron chi connectivity index (χ2n) is 5.60. The van der Waals surface area contributed by atoms with Gasteiger partial charge in [-0.25, -0.2) is 0 Å². The highest BCUT2D eigenvalue weighted by molar-refractivity contribution is 5.92. The Labute approximate surface area is 130 Å². The maximum atomic E-state index is 12.4. The lowest BCUT2D eigenvalue weighted by Gasteiger charge is -2.32. The predicted octanol–water partition coefficient (Wildman–Crippen LogP) is 3.79. The van der Waals surface area contributed by atoms with E-state index in [4.69, 9.17) is 0 Å². The SMILES string of the molecule is CCN(C(=O)/C=C/c1cccc([N+](=O)[O-])c1)C1CCCCC1. The smallest absolute Gasteiger partial charge is 0.270 e. The fraction of sp³-hybridized carbons (Fsp3) is 0.471. The van der Waals surface area contributed by atoms with Gasteiger partial charge in [0.15, 0.2) is 0 Å². The van der Waals surface area contributed by atoms with Crippen molar-refractivity contribution >= 4 is 17.7 Å². The highest BCUT2D eigenvalue weighted by atomic mass is 16.6. The first kappa shape index (κ1) is 16.2. The van der Waals surface area contributed by atoms with Crippen LogP contribution >= 0.6 is 0 Å². The standard InChI is InChI=1S/C17H22N2O3/c1-2-18(15-8-4-3-5-9-15)17(20)12-11-14-7-6-10-16(13-14)19(21)22/h6-7,10-13,15H,2-5,8-9H2,1H3/b12-11+. The molecule has 1 aromatic rings. The molecule has 0 N–H and O–H groups in total. The van der Waals surface area contributed by atoms with Crippen molar-refractivity contribution in [3.05, 3.63) is 46.0 Å². The molecule has 0 bridgehead atoms. The van der Waals surface area contributed by atoms with Gasteiger partial charge in [-0.1, -0.05) is 31.4 Å². The fourth-order valence-electron chi connectivity index (χ4n) is 2.99. The second kappa shape index (κ2) is 7.73. The summed E-state index contributed by atoms with van der Waals surface area (Å²) in [5.41, 5.74) is 0.705. The van der Waals surface area contributed by atoms with Crippen LogP contribution in [0.1, 0.15) is 44.6 Å². The van der Waals surface area contributed by atoms with Gasteiger partial charge in [-0.2, -0.15) is 0 Å². The molecule has 5 nitrogen and oxygen atoms in total. The fourth-order valence-corrected chi connectivity index (χ4v) is 2.99. The highest BCUT2D eigenvalue weighted by Gasteiger charge is 2.22. The molecule has 0 spiro atoms. The summed E-state index contributed by atoms with van der Waals surface area (Å²) in [6.07, 6.45) is 8.95. The van der Waals surface area contributed by atoms with Gasteiger partial charge in [0.2, 0.25) is 5.91 Å². The number of hydrogen-bond acceptors (Lipinski definition) is 3. The third-order valence-electron chi connectivity index (χ3n) is 4.14. The van der Waals surface area contributed by atoms with E-state index in [1.54, 1.807) is 18.2 Å². The number of carbonyl (C=O) groups is 1. The molecular weight excluding hydrogens is 280 g/mol. The number of carbonyl (C=O) groups excluding carboxylic acids is 1. The van der Waals surface area contributed by atoms with E-state index in [2.05, 4.69) is 0 Å². The van der Waals surface area contributed by atoms with Crippen molar-refractivity contribution < 1.29 is 9.72 Å². The number of amides is 1. The summed E-state index contributed by atoms with van der Waals surface area (Å²) in [5, 5.41) is 10.8. The molecule has 0 radical (unpaired) electrons. The van der Waals surface area contributed by atoms with Gasteiger partial charge in [0.25, 0.3) is 5.69 Å². The maximum Gasteiger partial charge on any atom is 0.270 e. The Kier molecular flexibility index (Phi) is 5.69. The molecule has 0 heterocycles. The first-order valence-corrected chi connectivity index (χ1v) is 7.85. The van der Waals surface area contributed by atoms with E-state index in [0.29, 0.717) is 18.2 Å². The van der Waals surface area contributed by atoms with Crippen molar-refractivity contribution in [1.29, 1.82) is 0 Å². The number of non-ortho nitro benzene ring substituents is 1. The largest absolute Gasteiger partial charge is 0.336 e. The average Bonchev–Trinajstić information content (AvgIpc) is 2.55. The molecule has 1 amide bonds. The van der Waals surface area contributed by atoms with Gasteiger partial charge in [0.05, 0.1) is 4.92 Å². The number of hydrogen-bond donors (Lipinski definition) is 0. The van der Waals surface area contributed by atoms with E-state index < -0.39 is 4.92 Å². The Balaban J connectivity index is 2.05. The van der Waals surface area contributed by atoms with E-state index in [-0.39, 0.29) is 11.6 Å². The van der Waals surface area contributed by atoms with Crippen LogP contribution in [0.5, 0.6) is 0 Å². The predicted molar refractivity (Wildman–Crippen MR) is 86.4 cm³/mol. The Bertz CT molecular complexity index is 563. The molecule has 2 rings (SSSR count). The van der Waals surface area contributed by atoms with Gasteiger partial charge >= 0.3 is 0 Å². The first-order valence-electron chi connectivity index (χ1n) is 7.85. The van der Waals surface area contributed by atoms with E-state index in [9.17, 15) is 14.9 Å². The summed E-state index contributed by atoms with van der Waals surface area (Å²) in [6.45, 7) is 2.69. The maximum absolute atomic E-state index is 12.4. The lowest BCUT2D eigenvalue weighted by atomic mass is 9.94. The second-order valence-corrected chi connectivity index (χ2v) is 5.60. The minimum atomic E-state index is -0.431. The molecule has 0 aliphatic heterocycles. The molecule has 22 heavy (non-hydrogen) atoms. The van der Waals surface area contributed by atoms with Crippen LogP contribution in [-0.4, -0.2) is 28.3 Å². The number of benzene rings is 1. The highest BCUT2D eigenvalue weighted by Crippen LogP contribution is 2.23. The van der Waals surface area contributed by atoms with Crippen LogP contribution < -0.4 is 0 Å². The van der Waals surface area contributed by atoms with Crippen molar-refractivity contribution in [1.82, 2.24) is 4.90 Å². The molecule has 1 fully saturated rings. The average molecular weight is 302 g/mol. The van der Waals surface area contributed by atoms with Crippen molar-refractivity contribution in [3.63, 3.8) is 0 Å². The van der Waals surface area contributed by atoms with Gasteiger partial charge < -0.3 is 4.90 Å². The minimum Gasteiger partial charge on any atom is -0.336 e. The zero-order valence-electron chi connectivity index (χ0n) is 12.9. The van der Waals surface area contributed by atoms with Crippen LogP contribution in [0.15, 0.2) is 30.3 Å². The summed E-state index contributed by atoms with van der Waals surface area (Å²) in [4.78, 5) is 24.6. The van der Waals surface area contributed by atoms with Crippen LogP contribution in [-0.2, 0) is 4.79 Å². The molecule has 5 heteroatoms. The quantitative estimate of drug-likeness (QED) is 0.472. The summed E-state index contributed by atoms with van der Waals surface area (Å²) in [6, 6.07) is 6.63. The zero-order chi connectivity index (χ0) is 15.9. The molecule has 118 valence electrons. The van der Waals surface area contributed by atoms with E-state index in [1.165, 1.54) is 37.5 Å². The number of nitro benzene ring substituents is 1. The van der Waals surface area contributed by atoms with Gasteiger partial charge in [-0.05, 0) is 31.4 Å². The van der Waals surface area contributed by atoms with E-state index >= 15 is 0 Å². The molecular formula is C17H22N2O3. The number of nitrogens with zero attached hydrogens (tertiary/aromatic N) is 2. The Morgan fingerprint density at radius 1 is 1.36 bits per heavy atom. The third kappa shape index (κ3) is 4.16. The molecule has 0 aromatic heterocycles. The Morgan fingerprint density at radius 3 is 2.73 bits per heavy atom. The van der Waals surface area contributed by atoms with Gasteiger partial charge in [-0.3, -0.25) is 14.9 Å². The van der Waals surface area contributed by atoms with Gasteiger partial charge in [0.1, 0.15) is 0 Å². The van der Waals surface area contributed by atoms with Gasteiger partial charge in [0, 0.05) is 30.8 Å². The Hall–Kier alpha value is -2.17. The summed E-state index contributed by atoms with van der Waals surface area (Å²) in [5.74, 6) is -0.0130. The summed E-state index contributed by atoms with van der Waals surface area (Å²) in [7, 11) is 0.